The van der Waals surface area contributed by atoms with Crippen LogP contribution in [0.1, 0.15) is 34.9 Å². The van der Waals surface area contributed by atoms with E-state index in [1.54, 1.807) is 11.3 Å². The van der Waals surface area contributed by atoms with Crippen LogP contribution in [0.4, 0.5) is 0 Å². The zero-order chi connectivity index (χ0) is 21.1. The number of carbonyl (C=O) groups is 1. The first-order valence-electron chi connectivity index (χ1n) is 11.2. The highest BCUT2D eigenvalue weighted by molar-refractivity contribution is 7.09. The first kappa shape index (κ1) is 20.4. The average molecular weight is 432 g/mol. The van der Waals surface area contributed by atoms with Gasteiger partial charge in [-0.1, -0.05) is 60.7 Å². The van der Waals surface area contributed by atoms with E-state index >= 15 is 0 Å². The molecule has 0 aliphatic carbocycles. The van der Waals surface area contributed by atoms with E-state index in [0.29, 0.717) is 12.5 Å². The molecule has 2 aromatic carbocycles. The molecule has 0 saturated carbocycles. The molecule has 3 heterocycles. The van der Waals surface area contributed by atoms with Gasteiger partial charge in [0.05, 0.1) is 10.4 Å². The minimum atomic E-state index is -0.346. The lowest BCUT2D eigenvalue weighted by Gasteiger charge is -2.42. The van der Waals surface area contributed by atoms with Gasteiger partial charge < -0.3 is 9.80 Å². The summed E-state index contributed by atoms with van der Waals surface area (Å²) in [7, 11) is 0. The van der Waals surface area contributed by atoms with E-state index in [1.807, 2.05) is 17.6 Å². The Hall–Kier alpha value is -2.50. The van der Waals surface area contributed by atoms with Gasteiger partial charge in [-0.05, 0) is 30.4 Å². The average Bonchev–Trinajstić information content (AvgIpc) is 3.46. The van der Waals surface area contributed by atoms with E-state index in [4.69, 9.17) is 0 Å². The summed E-state index contributed by atoms with van der Waals surface area (Å²) in [6.45, 7) is 4.30. The highest BCUT2D eigenvalue weighted by Crippen LogP contribution is 2.50. The van der Waals surface area contributed by atoms with E-state index in [1.165, 1.54) is 11.1 Å². The van der Waals surface area contributed by atoms with Crippen molar-refractivity contribution >= 4 is 17.2 Å². The van der Waals surface area contributed by atoms with Crippen LogP contribution in [0.5, 0.6) is 0 Å². The summed E-state index contributed by atoms with van der Waals surface area (Å²) in [4.78, 5) is 23.2. The lowest BCUT2D eigenvalue weighted by atomic mass is 9.71. The van der Waals surface area contributed by atoms with E-state index in [9.17, 15) is 4.79 Å². The van der Waals surface area contributed by atoms with Crippen molar-refractivity contribution < 1.29 is 4.79 Å². The van der Waals surface area contributed by atoms with Crippen molar-refractivity contribution in [2.24, 2.45) is 5.41 Å². The first-order chi connectivity index (χ1) is 15.2. The van der Waals surface area contributed by atoms with Gasteiger partial charge in [0.25, 0.3) is 0 Å². The normalized spacial score (nSPS) is 24.2. The molecule has 0 radical (unpaired) electrons. The van der Waals surface area contributed by atoms with Crippen LogP contribution in [0.25, 0.3) is 0 Å². The molecular weight excluding hydrogens is 402 g/mol. The molecule has 1 spiro atoms. The van der Waals surface area contributed by atoms with Crippen LogP contribution in [-0.4, -0.2) is 46.9 Å². The Morgan fingerprint density at radius 2 is 1.77 bits per heavy atom. The molecule has 2 fully saturated rings. The zero-order valence-electron chi connectivity index (χ0n) is 17.8. The Balaban J connectivity index is 1.38. The summed E-state index contributed by atoms with van der Waals surface area (Å²) in [5.74, 6) is 0.513. The van der Waals surface area contributed by atoms with Crippen LogP contribution in [0.3, 0.4) is 0 Å². The van der Waals surface area contributed by atoms with Crippen molar-refractivity contribution in [2.75, 3.05) is 26.2 Å². The number of carbonyl (C=O) groups excluding carboxylic acids is 1. The topological polar surface area (TPSA) is 36.4 Å². The molecule has 0 unspecified atom stereocenters. The summed E-state index contributed by atoms with van der Waals surface area (Å²) in [5, 5.41) is 3.17. The van der Waals surface area contributed by atoms with Crippen LogP contribution in [-0.2, 0) is 17.8 Å². The first-order valence-corrected chi connectivity index (χ1v) is 12.1. The highest BCUT2D eigenvalue weighted by atomic mass is 32.1. The Kier molecular flexibility index (Phi) is 5.88. The molecule has 2 aliphatic rings. The molecule has 1 aromatic heterocycles. The van der Waals surface area contributed by atoms with Gasteiger partial charge in [0, 0.05) is 50.2 Å². The summed E-state index contributed by atoms with van der Waals surface area (Å²) in [5.41, 5.74) is 2.22. The third-order valence-electron chi connectivity index (χ3n) is 6.90. The van der Waals surface area contributed by atoms with Crippen LogP contribution in [0, 0.1) is 5.41 Å². The fraction of sp³-hybridized carbons (Fsp3) is 0.385. The third-order valence-corrected chi connectivity index (χ3v) is 7.79. The molecule has 3 aromatic rings. The summed E-state index contributed by atoms with van der Waals surface area (Å²) >= 11 is 1.70. The molecule has 160 valence electrons. The maximum Gasteiger partial charge on any atom is 0.231 e. The number of nitrogens with zero attached hydrogens (tertiary/aromatic N) is 3. The maximum atomic E-state index is 14.0. The summed E-state index contributed by atoms with van der Waals surface area (Å²) < 4.78 is 0. The second kappa shape index (κ2) is 8.93. The largest absolute Gasteiger partial charge is 0.338 e. The summed E-state index contributed by atoms with van der Waals surface area (Å²) in [6.07, 6.45) is 4.93. The second-order valence-corrected chi connectivity index (χ2v) is 9.79. The van der Waals surface area contributed by atoms with Crippen LogP contribution < -0.4 is 0 Å². The fourth-order valence-corrected chi connectivity index (χ4v) is 6.21. The van der Waals surface area contributed by atoms with Gasteiger partial charge in [-0.3, -0.25) is 4.79 Å². The van der Waals surface area contributed by atoms with Crippen molar-refractivity contribution in [3.05, 3.63) is 88.4 Å². The number of aromatic nitrogens is 1. The minimum Gasteiger partial charge on any atom is -0.338 e. The molecule has 2 atom stereocenters. The van der Waals surface area contributed by atoms with Gasteiger partial charge >= 0.3 is 0 Å². The van der Waals surface area contributed by atoms with Crippen molar-refractivity contribution in [1.29, 1.82) is 0 Å². The molecule has 2 aliphatic heterocycles. The number of hydrogen-bond acceptors (Lipinski definition) is 4. The molecule has 0 N–H and O–H groups in total. The highest BCUT2D eigenvalue weighted by Gasteiger charge is 2.55. The van der Waals surface area contributed by atoms with Crippen LogP contribution >= 0.6 is 11.3 Å². The van der Waals surface area contributed by atoms with E-state index in [0.717, 1.165) is 50.4 Å². The van der Waals surface area contributed by atoms with Crippen molar-refractivity contribution in [3.8, 4) is 0 Å². The standard InChI is InChI=1S/C26H29N3OS/c30-25-26(13-7-15-29(25)18-22-10-5-2-6-11-22)20-28(16-12-21-8-3-1-4-9-21)19-23(26)24-27-14-17-31-24/h1-6,8-11,14,17,23H,7,12-13,15-16,18-20H2/t23-,26+/m1/s1. The number of rotatable bonds is 6. The predicted molar refractivity (Wildman–Crippen MR) is 125 cm³/mol. The maximum absolute atomic E-state index is 14.0. The quantitative estimate of drug-likeness (QED) is 0.573. The van der Waals surface area contributed by atoms with E-state index in [-0.39, 0.29) is 11.3 Å². The molecule has 5 rings (SSSR count). The monoisotopic (exact) mass is 431 g/mol. The van der Waals surface area contributed by atoms with Gasteiger partial charge in [-0.25, -0.2) is 4.98 Å². The number of thiazole rings is 1. The molecule has 0 bridgehead atoms. The molecule has 31 heavy (non-hydrogen) atoms. The molecule has 1 amide bonds. The number of likely N-dealkylation sites (tertiary alicyclic amines) is 2. The summed E-state index contributed by atoms with van der Waals surface area (Å²) in [6, 6.07) is 21.0. The smallest absolute Gasteiger partial charge is 0.231 e. The van der Waals surface area contributed by atoms with Crippen LogP contribution in [0.15, 0.2) is 72.2 Å². The molecule has 5 heteroatoms. The SMILES string of the molecule is O=C1N(Cc2ccccc2)CCC[C@@]12CN(CCc1ccccc1)C[C@@H]2c1nccs1. The van der Waals surface area contributed by atoms with Gasteiger partial charge in [-0.2, -0.15) is 0 Å². The Morgan fingerprint density at radius 1 is 1.03 bits per heavy atom. The van der Waals surface area contributed by atoms with Gasteiger partial charge in [0.1, 0.15) is 0 Å². The number of hydrogen-bond donors (Lipinski definition) is 0. The Bertz CT molecular complexity index is 992. The fourth-order valence-electron chi connectivity index (χ4n) is 5.36. The van der Waals surface area contributed by atoms with Gasteiger partial charge in [0.15, 0.2) is 0 Å². The molecule has 2 saturated heterocycles. The Labute approximate surface area is 188 Å². The Morgan fingerprint density at radius 3 is 2.48 bits per heavy atom. The predicted octanol–water partition coefficient (Wildman–Crippen LogP) is 4.59. The van der Waals surface area contributed by atoms with Crippen molar-refractivity contribution in [1.82, 2.24) is 14.8 Å². The lowest BCUT2D eigenvalue weighted by Crippen LogP contribution is -2.51. The number of benzene rings is 2. The second-order valence-electron chi connectivity index (χ2n) is 8.87. The molecular formula is C26H29N3OS. The number of amides is 1. The van der Waals surface area contributed by atoms with Crippen molar-refractivity contribution in [3.63, 3.8) is 0 Å². The van der Waals surface area contributed by atoms with Crippen molar-refractivity contribution in [2.45, 2.75) is 31.7 Å². The lowest BCUT2D eigenvalue weighted by molar-refractivity contribution is -0.147. The van der Waals surface area contributed by atoms with Gasteiger partial charge in [-0.15, -0.1) is 11.3 Å². The van der Waals surface area contributed by atoms with E-state index < -0.39 is 0 Å². The molecule has 4 nitrogen and oxygen atoms in total. The third kappa shape index (κ3) is 4.17. The number of piperidine rings is 1. The van der Waals surface area contributed by atoms with Crippen LogP contribution in [0.2, 0.25) is 0 Å². The van der Waals surface area contributed by atoms with E-state index in [2.05, 4.69) is 69.4 Å². The van der Waals surface area contributed by atoms with Gasteiger partial charge in [0.2, 0.25) is 5.91 Å². The zero-order valence-corrected chi connectivity index (χ0v) is 18.6. The minimum absolute atomic E-state index is 0.189.